The number of rotatable bonds is 5. The van der Waals surface area contributed by atoms with E-state index in [1.54, 1.807) is 0 Å². The van der Waals surface area contributed by atoms with Crippen molar-refractivity contribution >= 4 is 43.7 Å². The molecule has 3 heterocycles. The van der Waals surface area contributed by atoms with Crippen molar-refractivity contribution < 1.29 is 4.42 Å². The first kappa shape index (κ1) is 29.5. The van der Waals surface area contributed by atoms with Gasteiger partial charge in [-0.25, -0.2) is 15.0 Å². The predicted octanol–water partition coefficient (Wildman–Crippen LogP) is 11.4. The number of aromatic nitrogens is 4. The predicted molar refractivity (Wildman–Crippen MR) is 208 cm³/mol. The van der Waals surface area contributed by atoms with Crippen molar-refractivity contribution in [3.63, 3.8) is 0 Å². The largest absolute Gasteiger partial charge is 0.456 e. The summed E-state index contributed by atoms with van der Waals surface area (Å²) >= 11 is 0. The van der Waals surface area contributed by atoms with Crippen LogP contribution in [0.2, 0.25) is 0 Å². The highest BCUT2D eigenvalue weighted by molar-refractivity contribution is 6.13. The maximum absolute atomic E-state index is 9.96. The molecule has 0 N–H and O–H groups in total. The zero-order valence-corrected chi connectivity index (χ0v) is 27.7. The second-order valence-electron chi connectivity index (χ2n) is 12.7. The van der Waals surface area contributed by atoms with E-state index in [0.29, 0.717) is 23.0 Å². The zero-order valence-electron chi connectivity index (χ0n) is 27.7. The average Bonchev–Trinajstić information content (AvgIpc) is 3.76. The summed E-state index contributed by atoms with van der Waals surface area (Å²) in [6.45, 7) is 0. The highest BCUT2D eigenvalue weighted by Crippen LogP contribution is 2.41. The highest BCUT2D eigenvalue weighted by Gasteiger charge is 2.21. The highest BCUT2D eigenvalue weighted by atomic mass is 16.3. The van der Waals surface area contributed by atoms with Crippen LogP contribution in [0.4, 0.5) is 0 Å². The molecule has 0 saturated heterocycles. The summed E-state index contributed by atoms with van der Waals surface area (Å²) in [4.78, 5) is 15.4. The Labute approximate surface area is 298 Å². The van der Waals surface area contributed by atoms with Gasteiger partial charge in [-0.3, -0.25) is 0 Å². The number of benzene rings is 7. The lowest BCUT2D eigenvalue weighted by Crippen LogP contribution is -2.04. The average molecular weight is 666 g/mol. The number of fused-ring (bicyclic) bond motifs is 6. The van der Waals surface area contributed by atoms with E-state index in [1.165, 1.54) is 0 Å². The number of furan rings is 1. The normalized spacial score (nSPS) is 11.4. The fourth-order valence-corrected chi connectivity index (χ4v) is 7.32. The summed E-state index contributed by atoms with van der Waals surface area (Å²) in [6, 6.07) is 57.4. The van der Waals surface area contributed by atoms with Gasteiger partial charge in [-0.05, 0) is 53.6 Å². The maximum atomic E-state index is 9.96. The molecule has 0 aliphatic heterocycles. The Hall–Kier alpha value is -7.36. The minimum Gasteiger partial charge on any atom is -0.456 e. The number of para-hydroxylation sites is 2. The van der Waals surface area contributed by atoms with Gasteiger partial charge in [0.15, 0.2) is 17.5 Å². The quantitative estimate of drug-likeness (QED) is 0.183. The van der Waals surface area contributed by atoms with Gasteiger partial charge in [-0.15, -0.1) is 0 Å². The van der Waals surface area contributed by atoms with Crippen molar-refractivity contribution in [2.24, 2.45) is 0 Å². The minimum absolute atomic E-state index is 0.538. The monoisotopic (exact) mass is 665 g/mol. The Kier molecular flexibility index (Phi) is 6.76. The van der Waals surface area contributed by atoms with E-state index in [1.807, 2.05) is 115 Å². The van der Waals surface area contributed by atoms with E-state index in [9.17, 15) is 5.26 Å². The molecule has 6 nitrogen and oxygen atoms in total. The lowest BCUT2D eigenvalue weighted by Gasteiger charge is -2.16. The standard InChI is InChI=1S/C46H27N5O/c47-28-29-22-24-35-34-16-7-9-19-38(34)51(40(35)26-29)39-25-23-32(33-18-11-21-42-43(33)36-17-8-10-20-41(36)52-42)27-37(39)46-49-44(30-12-3-1-4-13-30)48-45(50-46)31-14-5-2-6-15-31/h1-27H. The summed E-state index contributed by atoms with van der Waals surface area (Å²) in [7, 11) is 0. The first-order chi connectivity index (χ1) is 25.7. The summed E-state index contributed by atoms with van der Waals surface area (Å²) in [6.07, 6.45) is 0. The molecule has 0 radical (unpaired) electrons. The van der Waals surface area contributed by atoms with Crippen LogP contribution in [-0.4, -0.2) is 19.5 Å². The first-order valence-corrected chi connectivity index (χ1v) is 17.1. The molecule has 0 atom stereocenters. The molecule has 10 rings (SSSR count). The second kappa shape index (κ2) is 11.9. The summed E-state index contributed by atoms with van der Waals surface area (Å²) in [5.41, 5.74) is 9.75. The molecule has 0 amide bonds. The summed E-state index contributed by atoms with van der Waals surface area (Å²) in [5.74, 6) is 1.70. The van der Waals surface area contributed by atoms with Crippen LogP contribution in [0.1, 0.15) is 5.56 Å². The van der Waals surface area contributed by atoms with E-state index < -0.39 is 0 Å². The van der Waals surface area contributed by atoms with E-state index in [0.717, 1.165) is 77.2 Å². The molecule has 0 fully saturated rings. The van der Waals surface area contributed by atoms with Crippen LogP contribution in [0.3, 0.4) is 0 Å². The van der Waals surface area contributed by atoms with E-state index >= 15 is 0 Å². The Morgan fingerprint density at radius 2 is 1.10 bits per heavy atom. The lowest BCUT2D eigenvalue weighted by atomic mass is 9.96. The molecule has 0 aliphatic carbocycles. The molecule has 242 valence electrons. The first-order valence-electron chi connectivity index (χ1n) is 17.1. The van der Waals surface area contributed by atoms with Gasteiger partial charge in [0, 0.05) is 38.2 Å². The molecule has 10 aromatic rings. The van der Waals surface area contributed by atoms with E-state index in [4.69, 9.17) is 19.4 Å². The molecule has 3 aromatic heterocycles. The molecular formula is C46H27N5O. The zero-order chi connectivity index (χ0) is 34.6. The van der Waals surface area contributed by atoms with Crippen LogP contribution in [-0.2, 0) is 0 Å². The number of hydrogen-bond acceptors (Lipinski definition) is 5. The number of hydrogen-bond donors (Lipinski definition) is 0. The van der Waals surface area contributed by atoms with Crippen molar-refractivity contribution in [1.29, 1.82) is 5.26 Å². The van der Waals surface area contributed by atoms with Gasteiger partial charge in [-0.2, -0.15) is 5.26 Å². The molecule has 0 spiro atoms. The third-order valence-corrected chi connectivity index (χ3v) is 9.69. The van der Waals surface area contributed by atoms with Crippen molar-refractivity contribution in [3.05, 3.63) is 169 Å². The van der Waals surface area contributed by atoms with Crippen LogP contribution in [0, 0.1) is 11.3 Å². The Morgan fingerprint density at radius 1 is 0.462 bits per heavy atom. The van der Waals surface area contributed by atoms with Gasteiger partial charge in [-0.1, -0.05) is 121 Å². The fraction of sp³-hybridized carbons (Fsp3) is 0. The lowest BCUT2D eigenvalue weighted by molar-refractivity contribution is 0.669. The van der Waals surface area contributed by atoms with Crippen molar-refractivity contribution in [1.82, 2.24) is 19.5 Å². The van der Waals surface area contributed by atoms with E-state index in [-0.39, 0.29) is 0 Å². The van der Waals surface area contributed by atoms with Gasteiger partial charge in [0.05, 0.1) is 28.4 Å². The summed E-state index contributed by atoms with van der Waals surface area (Å²) < 4.78 is 8.53. The molecule has 6 heteroatoms. The third kappa shape index (κ3) is 4.76. The fourth-order valence-electron chi connectivity index (χ4n) is 7.32. The Balaban J connectivity index is 1.32. The summed E-state index contributed by atoms with van der Waals surface area (Å²) in [5, 5.41) is 14.2. The van der Waals surface area contributed by atoms with Crippen molar-refractivity contribution in [3.8, 4) is 57.0 Å². The minimum atomic E-state index is 0.538. The number of nitrogens with zero attached hydrogens (tertiary/aromatic N) is 5. The van der Waals surface area contributed by atoms with Crippen molar-refractivity contribution in [2.45, 2.75) is 0 Å². The molecule has 0 saturated carbocycles. The molecule has 0 unspecified atom stereocenters. The van der Waals surface area contributed by atoms with E-state index in [2.05, 4.69) is 59.2 Å². The maximum Gasteiger partial charge on any atom is 0.166 e. The van der Waals surface area contributed by atoms with Crippen LogP contribution in [0.25, 0.3) is 94.7 Å². The van der Waals surface area contributed by atoms with Gasteiger partial charge >= 0.3 is 0 Å². The topological polar surface area (TPSA) is 80.5 Å². The van der Waals surface area contributed by atoms with Crippen LogP contribution >= 0.6 is 0 Å². The Bertz CT molecular complexity index is 2970. The smallest absolute Gasteiger partial charge is 0.166 e. The molecule has 0 aliphatic rings. The van der Waals surface area contributed by atoms with Crippen LogP contribution < -0.4 is 0 Å². The van der Waals surface area contributed by atoms with Crippen molar-refractivity contribution in [2.75, 3.05) is 0 Å². The third-order valence-electron chi connectivity index (χ3n) is 9.69. The molecular weight excluding hydrogens is 639 g/mol. The SMILES string of the molecule is N#Cc1ccc2c3ccccc3n(-c3ccc(-c4cccc5oc6ccccc6c45)cc3-c3nc(-c4ccccc4)nc(-c4ccccc4)n3)c2c1. The molecule has 7 aromatic carbocycles. The van der Waals surface area contributed by atoms with Gasteiger partial charge in [0.1, 0.15) is 11.2 Å². The van der Waals surface area contributed by atoms with Crippen LogP contribution in [0.15, 0.2) is 168 Å². The molecule has 52 heavy (non-hydrogen) atoms. The van der Waals surface area contributed by atoms with Crippen LogP contribution in [0.5, 0.6) is 0 Å². The van der Waals surface area contributed by atoms with Gasteiger partial charge in [0.2, 0.25) is 0 Å². The van der Waals surface area contributed by atoms with Gasteiger partial charge < -0.3 is 8.98 Å². The molecule has 0 bridgehead atoms. The number of nitriles is 1. The van der Waals surface area contributed by atoms with Gasteiger partial charge in [0.25, 0.3) is 0 Å². The second-order valence-corrected chi connectivity index (χ2v) is 12.7. The Morgan fingerprint density at radius 3 is 1.85 bits per heavy atom.